The summed E-state index contributed by atoms with van der Waals surface area (Å²) in [6.07, 6.45) is 10.5. The minimum atomic E-state index is -0.102. The van der Waals surface area contributed by atoms with Crippen LogP contribution in [-0.2, 0) is 0 Å². The summed E-state index contributed by atoms with van der Waals surface area (Å²) >= 11 is 0. The lowest BCUT2D eigenvalue weighted by molar-refractivity contribution is 0.0922. The number of nitrogens with one attached hydrogen (secondary N) is 1. The fourth-order valence-corrected chi connectivity index (χ4v) is 1.92. The van der Waals surface area contributed by atoms with Gasteiger partial charge < -0.3 is 5.32 Å². The number of amides is 1. The molecule has 15 heavy (non-hydrogen) atoms. The van der Waals surface area contributed by atoms with E-state index in [0.717, 1.165) is 12.8 Å². The maximum absolute atomic E-state index is 11.7. The summed E-state index contributed by atoms with van der Waals surface area (Å²) < 4.78 is 0. The lowest BCUT2D eigenvalue weighted by Crippen LogP contribution is -2.36. The smallest absolute Gasteiger partial charge is 0.271 e. The first-order valence-corrected chi connectivity index (χ1v) is 5.43. The van der Waals surface area contributed by atoms with Gasteiger partial charge in [-0.25, -0.2) is 4.98 Å². The van der Waals surface area contributed by atoms with Crippen LogP contribution in [0.5, 0.6) is 0 Å². The van der Waals surface area contributed by atoms with Gasteiger partial charge in [-0.05, 0) is 12.8 Å². The SMILES string of the molecule is O=C(NC1CCCCC1)c1cnccn1. The second kappa shape index (κ2) is 4.87. The highest BCUT2D eigenvalue weighted by molar-refractivity contribution is 5.92. The Morgan fingerprint density at radius 2 is 2.07 bits per heavy atom. The zero-order chi connectivity index (χ0) is 10.5. The monoisotopic (exact) mass is 205 g/mol. The van der Waals surface area contributed by atoms with E-state index in [2.05, 4.69) is 15.3 Å². The molecule has 1 heterocycles. The number of rotatable bonds is 2. The molecule has 4 nitrogen and oxygen atoms in total. The van der Waals surface area contributed by atoms with Gasteiger partial charge in [-0.3, -0.25) is 9.78 Å². The van der Waals surface area contributed by atoms with Crippen molar-refractivity contribution >= 4 is 5.91 Å². The van der Waals surface area contributed by atoms with E-state index in [1.165, 1.54) is 31.7 Å². The average Bonchev–Trinajstić information content (AvgIpc) is 2.31. The van der Waals surface area contributed by atoms with Crippen molar-refractivity contribution in [2.24, 2.45) is 0 Å². The number of carbonyl (C=O) groups excluding carboxylic acids is 1. The summed E-state index contributed by atoms with van der Waals surface area (Å²) in [5, 5.41) is 2.99. The number of carbonyl (C=O) groups is 1. The van der Waals surface area contributed by atoms with Crippen molar-refractivity contribution in [3.05, 3.63) is 24.3 Å². The van der Waals surface area contributed by atoms with Crippen LogP contribution in [-0.4, -0.2) is 21.9 Å². The fourth-order valence-electron chi connectivity index (χ4n) is 1.92. The van der Waals surface area contributed by atoms with E-state index in [1.807, 2.05) is 0 Å². The van der Waals surface area contributed by atoms with Crippen LogP contribution in [0, 0.1) is 0 Å². The normalized spacial score (nSPS) is 17.3. The van der Waals surface area contributed by atoms with Gasteiger partial charge in [0.05, 0.1) is 6.20 Å². The molecule has 0 spiro atoms. The van der Waals surface area contributed by atoms with Crippen LogP contribution in [0.25, 0.3) is 0 Å². The Morgan fingerprint density at radius 3 is 2.73 bits per heavy atom. The molecule has 0 aliphatic heterocycles. The minimum Gasteiger partial charge on any atom is -0.348 e. The number of hydrogen-bond acceptors (Lipinski definition) is 3. The van der Waals surface area contributed by atoms with Crippen LogP contribution in [0.15, 0.2) is 18.6 Å². The highest BCUT2D eigenvalue weighted by atomic mass is 16.1. The zero-order valence-electron chi connectivity index (χ0n) is 8.65. The third kappa shape index (κ3) is 2.75. The van der Waals surface area contributed by atoms with E-state index in [9.17, 15) is 4.79 Å². The van der Waals surface area contributed by atoms with Gasteiger partial charge in [0.25, 0.3) is 5.91 Å². The summed E-state index contributed by atoms with van der Waals surface area (Å²) in [4.78, 5) is 19.5. The van der Waals surface area contributed by atoms with Gasteiger partial charge in [-0.2, -0.15) is 0 Å². The molecule has 1 aliphatic carbocycles. The van der Waals surface area contributed by atoms with Crippen LogP contribution in [0.4, 0.5) is 0 Å². The first-order chi connectivity index (χ1) is 7.36. The molecule has 0 saturated heterocycles. The van der Waals surface area contributed by atoms with E-state index in [0.29, 0.717) is 11.7 Å². The standard InChI is InChI=1S/C11H15N3O/c15-11(10-8-12-6-7-13-10)14-9-4-2-1-3-5-9/h6-9H,1-5H2,(H,14,15). The number of nitrogens with zero attached hydrogens (tertiary/aromatic N) is 2. The van der Waals surface area contributed by atoms with Gasteiger partial charge in [0.15, 0.2) is 0 Å². The molecule has 0 atom stereocenters. The van der Waals surface area contributed by atoms with Gasteiger partial charge in [0.2, 0.25) is 0 Å². The molecule has 4 heteroatoms. The van der Waals surface area contributed by atoms with Gasteiger partial charge in [-0.15, -0.1) is 0 Å². The minimum absolute atomic E-state index is 0.102. The molecule has 1 aromatic rings. The Labute approximate surface area is 89.1 Å². The molecule has 1 N–H and O–H groups in total. The highest BCUT2D eigenvalue weighted by Crippen LogP contribution is 2.17. The molecule has 0 unspecified atom stereocenters. The Morgan fingerprint density at radius 1 is 1.27 bits per heavy atom. The largest absolute Gasteiger partial charge is 0.348 e. The summed E-state index contributed by atoms with van der Waals surface area (Å²) in [5.41, 5.74) is 0.406. The van der Waals surface area contributed by atoms with Crippen molar-refractivity contribution in [3.8, 4) is 0 Å². The van der Waals surface area contributed by atoms with E-state index >= 15 is 0 Å². The van der Waals surface area contributed by atoms with Gasteiger partial charge in [-0.1, -0.05) is 19.3 Å². The van der Waals surface area contributed by atoms with Crippen LogP contribution in [0.1, 0.15) is 42.6 Å². The molecular formula is C11H15N3O. The topological polar surface area (TPSA) is 54.9 Å². The second-order valence-electron chi connectivity index (χ2n) is 3.90. The van der Waals surface area contributed by atoms with E-state index in [4.69, 9.17) is 0 Å². The molecule has 1 saturated carbocycles. The molecule has 0 bridgehead atoms. The molecule has 2 rings (SSSR count). The van der Waals surface area contributed by atoms with Crippen molar-refractivity contribution in [1.82, 2.24) is 15.3 Å². The van der Waals surface area contributed by atoms with Gasteiger partial charge in [0.1, 0.15) is 5.69 Å². The molecule has 80 valence electrons. The maximum atomic E-state index is 11.7. The summed E-state index contributed by atoms with van der Waals surface area (Å²) in [7, 11) is 0. The molecule has 1 aromatic heterocycles. The zero-order valence-corrected chi connectivity index (χ0v) is 8.65. The molecule has 0 radical (unpaired) electrons. The van der Waals surface area contributed by atoms with E-state index in [-0.39, 0.29) is 5.91 Å². The number of aromatic nitrogens is 2. The van der Waals surface area contributed by atoms with Crippen LogP contribution in [0.2, 0.25) is 0 Å². The van der Waals surface area contributed by atoms with Crippen molar-refractivity contribution in [1.29, 1.82) is 0 Å². The number of hydrogen-bond donors (Lipinski definition) is 1. The maximum Gasteiger partial charge on any atom is 0.271 e. The van der Waals surface area contributed by atoms with E-state index in [1.54, 1.807) is 6.20 Å². The van der Waals surface area contributed by atoms with Crippen molar-refractivity contribution in [2.75, 3.05) is 0 Å². The Kier molecular flexibility index (Phi) is 3.27. The van der Waals surface area contributed by atoms with Crippen LogP contribution in [0.3, 0.4) is 0 Å². The predicted octanol–water partition coefficient (Wildman–Crippen LogP) is 1.54. The quantitative estimate of drug-likeness (QED) is 0.796. The summed E-state index contributed by atoms with van der Waals surface area (Å²) in [6.45, 7) is 0. The Hall–Kier alpha value is -1.45. The Bertz CT molecular complexity index is 320. The molecule has 0 aromatic carbocycles. The lowest BCUT2D eigenvalue weighted by Gasteiger charge is -2.22. The molecular weight excluding hydrogens is 190 g/mol. The van der Waals surface area contributed by atoms with Crippen LogP contribution >= 0.6 is 0 Å². The van der Waals surface area contributed by atoms with E-state index < -0.39 is 0 Å². The fraction of sp³-hybridized carbons (Fsp3) is 0.545. The third-order valence-electron chi connectivity index (χ3n) is 2.74. The van der Waals surface area contributed by atoms with Crippen LogP contribution < -0.4 is 5.32 Å². The average molecular weight is 205 g/mol. The predicted molar refractivity (Wildman–Crippen MR) is 56.4 cm³/mol. The lowest BCUT2D eigenvalue weighted by atomic mass is 9.95. The molecule has 1 fully saturated rings. The second-order valence-corrected chi connectivity index (χ2v) is 3.90. The van der Waals surface area contributed by atoms with Crippen molar-refractivity contribution in [2.45, 2.75) is 38.1 Å². The first-order valence-electron chi connectivity index (χ1n) is 5.43. The molecule has 1 amide bonds. The summed E-state index contributed by atoms with van der Waals surface area (Å²) in [5.74, 6) is -0.102. The van der Waals surface area contributed by atoms with Crippen molar-refractivity contribution in [3.63, 3.8) is 0 Å². The van der Waals surface area contributed by atoms with Gasteiger partial charge in [0, 0.05) is 18.4 Å². The molecule has 1 aliphatic rings. The highest BCUT2D eigenvalue weighted by Gasteiger charge is 2.16. The summed E-state index contributed by atoms with van der Waals surface area (Å²) in [6, 6.07) is 0.327. The van der Waals surface area contributed by atoms with Gasteiger partial charge >= 0.3 is 0 Å². The third-order valence-corrected chi connectivity index (χ3v) is 2.74. The van der Waals surface area contributed by atoms with Crippen molar-refractivity contribution < 1.29 is 4.79 Å². The first kappa shape index (κ1) is 10.1. The Balaban J connectivity index is 1.91.